The summed E-state index contributed by atoms with van der Waals surface area (Å²) in [6, 6.07) is 16.9. The molecule has 3 aromatic rings. The van der Waals surface area contributed by atoms with Gasteiger partial charge in [-0.1, -0.05) is 48.0 Å². The maximum Gasteiger partial charge on any atom is 0.138 e. The van der Waals surface area contributed by atoms with Crippen LogP contribution >= 0.6 is 11.6 Å². The van der Waals surface area contributed by atoms with Crippen molar-refractivity contribution in [1.82, 2.24) is 0 Å². The fraction of sp³-hybridized carbons (Fsp3) is 0.111. The van der Waals surface area contributed by atoms with Crippen molar-refractivity contribution in [2.75, 3.05) is 6.61 Å². The number of rotatable bonds is 2. The third-order valence-corrected chi connectivity index (χ3v) is 4.15. The van der Waals surface area contributed by atoms with E-state index in [1.807, 2.05) is 13.0 Å². The van der Waals surface area contributed by atoms with E-state index in [1.165, 1.54) is 33.0 Å². The van der Waals surface area contributed by atoms with E-state index in [-0.39, 0.29) is 0 Å². The maximum atomic E-state index is 6.34. The summed E-state index contributed by atoms with van der Waals surface area (Å²) < 4.78 is 5.62. The quantitative estimate of drug-likeness (QED) is 0.468. The topological polar surface area (TPSA) is 9.23 Å². The summed E-state index contributed by atoms with van der Waals surface area (Å²) in [5.41, 5.74) is 4.94. The zero-order chi connectivity index (χ0) is 13.7. The first-order chi connectivity index (χ1) is 9.79. The molecule has 0 fully saturated rings. The van der Waals surface area contributed by atoms with Crippen LogP contribution in [0.5, 0.6) is 5.75 Å². The Morgan fingerprint density at radius 1 is 0.900 bits per heavy atom. The number of fused-ring (bicyclic) bond motifs is 3. The Labute approximate surface area is 122 Å². The second kappa shape index (κ2) is 4.26. The molecule has 0 heterocycles. The highest BCUT2D eigenvalue weighted by Gasteiger charge is 2.22. The Bertz CT molecular complexity index is 831. The molecule has 98 valence electrons. The van der Waals surface area contributed by atoms with Gasteiger partial charge in [0.25, 0.3) is 0 Å². The molecule has 0 spiro atoms. The number of benzene rings is 3. The van der Waals surface area contributed by atoms with Crippen molar-refractivity contribution in [3.63, 3.8) is 0 Å². The summed E-state index contributed by atoms with van der Waals surface area (Å²) in [6.07, 6.45) is 0. The zero-order valence-electron chi connectivity index (χ0n) is 11.1. The largest absolute Gasteiger partial charge is 0.492 e. The minimum absolute atomic E-state index is 0.621. The van der Waals surface area contributed by atoms with Crippen LogP contribution in [0.15, 0.2) is 48.5 Å². The Kier molecular flexibility index (Phi) is 2.51. The van der Waals surface area contributed by atoms with Crippen LogP contribution in [0.25, 0.3) is 33.0 Å². The highest BCUT2D eigenvalue weighted by atomic mass is 35.5. The van der Waals surface area contributed by atoms with Crippen LogP contribution in [0.3, 0.4) is 0 Å². The molecule has 1 nitrogen and oxygen atoms in total. The number of hydrogen-bond donors (Lipinski definition) is 0. The van der Waals surface area contributed by atoms with E-state index >= 15 is 0 Å². The third-order valence-electron chi connectivity index (χ3n) is 3.86. The van der Waals surface area contributed by atoms with Crippen molar-refractivity contribution in [1.29, 1.82) is 0 Å². The molecule has 0 N–H and O–H groups in total. The Morgan fingerprint density at radius 2 is 1.55 bits per heavy atom. The molecule has 0 unspecified atom stereocenters. The molecule has 0 radical (unpaired) electrons. The van der Waals surface area contributed by atoms with E-state index in [9.17, 15) is 0 Å². The van der Waals surface area contributed by atoms with E-state index in [1.54, 1.807) is 0 Å². The molecular formula is C18H13ClO. The third kappa shape index (κ3) is 1.50. The molecule has 20 heavy (non-hydrogen) atoms. The molecule has 2 heteroatoms. The van der Waals surface area contributed by atoms with E-state index < -0.39 is 0 Å². The van der Waals surface area contributed by atoms with Crippen LogP contribution in [0, 0.1) is 0 Å². The minimum Gasteiger partial charge on any atom is -0.492 e. The van der Waals surface area contributed by atoms with Gasteiger partial charge in [-0.15, -0.1) is 0 Å². The molecule has 3 aromatic carbocycles. The van der Waals surface area contributed by atoms with Crippen LogP contribution in [-0.2, 0) is 0 Å². The Morgan fingerprint density at radius 3 is 2.20 bits per heavy atom. The van der Waals surface area contributed by atoms with Crippen molar-refractivity contribution < 1.29 is 4.74 Å². The molecule has 0 saturated carbocycles. The van der Waals surface area contributed by atoms with Crippen LogP contribution in [0.2, 0.25) is 5.02 Å². The lowest BCUT2D eigenvalue weighted by molar-refractivity contribution is 0.340. The zero-order valence-corrected chi connectivity index (χ0v) is 11.9. The normalized spacial score (nSPS) is 11.7. The van der Waals surface area contributed by atoms with E-state index in [0.717, 1.165) is 5.75 Å². The molecule has 4 rings (SSSR count). The van der Waals surface area contributed by atoms with Crippen molar-refractivity contribution in [3.8, 4) is 28.0 Å². The van der Waals surface area contributed by atoms with Gasteiger partial charge >= 0.3 is 0 Å². The van der Waals surface area contributed by atoms with Gasteiger partial charge in [-0.3, -0.25) is 0 Å². The van der Waals surface area contributed by atoms with Gasteiger partial charge in [-0.25, -0.2) is 0 Å². The smallest absolute Gasteiger partial charge is 0.138 e. The fourth-order valence-corrected chi connectivity index (χ4v) is 3.27. The predicted octanol–water partition coefficient (Wildman–Crippen LogP) is 5.54. The van der Waals surface area contributed by atoms with Gasteiger partial charge in [-0.2, -0.15) is 0 Å². The lowest BCUT2D eigenvalue weighted by atomic mass is 10.0. The minimum atomic E-state index is 0.621. The lowest BCUT2D eigenvalue weighted by Gasteiger charge is -2.09. The van der Waals surface area contributed by atoms with Crippen LogP contribution in [0.1, 0.15) is 6.92 Å². The van der Waals surface area contributed by atoms with Gasteiger partial charge < -0.3 is 4.74 Å². The highest BCUT2D eigenvalue weighted by molar-refractivity contribution is 6.33. The summed E-state index contributed by atoms with van der Waals surface area (Å²) >= 11 is 6.34. The first kappa shape index (κ1) is 11.8. The van der Waals surface area contributed by atoms with Gasteiger partial charge in [0.15, 0.2) is 0 Å². The number of ether oxygens (including phenoxy) is 1. The summed E-state index contributed by atoms with van der Waals surface area (Å²) in [4.78, 5) is 0. The first-order valence-electron chi connectivity index (χ1n) is 6.78. The molecule has 0 atom stereocenters. The van der Waals surface area contributed by atoms with Crippen LogP contribution in [0.4, 0.5) is 0 Å². The summed E-state index contributed by atoms with van der Waals surface area (Å²) in [5, 5.41) is 3.26. The van der Waals surface area contributed by atoms with E-state index in [0.29, 0.717) is 11.6 Å². The standard InChI is InChI=1S/C18H13ClO/c1-2-20-17-10-15-13-8-4-6-11-5-3-7-12(18(11)13)14(15)9-16(17)19/h3-10H,2H2,1H3. The second-order valence-electron chi connectivity index (χ2n) is 4.97. The Hall–Kier alpha value is -1.99. The van der Waals surface area contributed by atoms with Gasteiger partial charge in [0, 0.05) is 0 Å². The second-order valence-corrected chi connectivity index (χ2v) is 5.38. The van der Waals surface area contributed by atoms with Gasteiger partial charge in [0.1, 0.15) is 5.75 Å². The van der Waals surface area contributed by atoms with Gasteiger partial charge in [0.05, 0.1) is 11.6 Å². The molecule has 0 bridgehead atoms. The van der Waals surface area contributed by atoms with Crippen molar-refractivity contribution in [2.45, 2.75) is 6.92 Å². The average Bonchev–Trinajstić information content (AvgIpc) is 2.77. The monoisotopic (exact) mass is 280 g/mol. The molecule has 0 aromatic heterocycles. The first-order valence-corrected chi connectivity index (χ1v) is 7.16. The SMILES string of the molecule is CCOc1cc2c(cc1Cl)-c1cccc3cccc-2c13. The van der Waals surface area contributed by atoms with E-state index in [2.05, 4.69) is 42.5 Å². The van der Waals surface area contributed by atoms with Gasteiger partial charge in [0.2, 0.25) is 0 Å². The summed E-state index contributed by atoms with van der Waals surface area (Å²) in [6.45, 7) is 2.59. The molecule has 0 aliphatic heterocycles. The molecular weight excluding hydrogens is 268 g/mol. The fourth-order valence-electron chi connectivity index (χ4n) is 3.06. The maximum absolute atomic E-state index is 6.34. The predicted molar refractivity (Wildman–Crippen MR) is 84.6 cm³/mol. The van der Waals surface area contributed by atoms with Crippen molar-refractivity contribution in [3.05, 3.63) is 53.6 Å². The molecule has 0 amide bonds. The summed E-state index contributed by atoms with van der Waals surface area (Å²) in [7, 11) is 0. The number of halogens is 1. The van der Waals surface area contributed by atoms with Crippen LogP contribution < -0.4 is 4.74 Å². The molecule has 1 aliphatic carbocycles. The van der Waals surface area contributed by atoms with Gasteiger partial charge in [-0.05, 0) is 52.1 Å². The molecule has 1 aliphatic rings. The van der Waals surface area contributed by atoms with Crippen LogP contribution in [-0.4, -0.2) is 6.61 Å². The number of hydrogen-bond acceptors (Lipinski definition) is 1. The lowest BCUT2D eigenvalue weighted by Crippen LogP contribution is -1.92. The average molecular weight is 281 g/mol. The Balaban J connectivity index is 2.08. The van der Waals surface area contributed by atoms with E-state index in [4.69, 9.17) is 16.3 Å². The van der Waals surface area contributed by atoms with Crippen molar-refractivity contribution in [2.24, 2.45) is 0 Å². The molecule has 0 saturated heterocycles. The van der Waals surface area contributed by atoms with Crippen molar-refractivity contribution >= 4 is 22.4 Å². The summed E-state index contributed by atoms with van der Waals surface area (Å²) in [5.74, 6) is 0.762. The highest BCUT2D eigenvalue weighted by Crippen LogP contribution is 2.49.